The van der Waals surface area contributed by atoms with Crippen LogP contribution in [0.15, 0.2) is 57.8 Å². The highest BCUT2D eigenvalue weighted by Crippen LogP contribution is 2.30. The fourth-order valence-corrected chi connectivity index (χ4v) is 5.71. The van der Waals surface area contributed by atoms with E-state index in [2.05, 4.69) is 61.0 Å². The maximum atomic E-state index is 12.6. The van der Waals surface area contributed by atoms with E-state index in [0.717, 1.165) is 50.1 Å². The molecule has 158 valence electrons. The van der Waals surface area contributed by atoms with Crippen LogP contribution in [0.5, 0.6) is 0 Å². The third-order valence-electron chi connectivity index (χ3n) is 6.82. The highest BCUT2D eigenvalue weighted by molar-refractivity contribution is 9.10. The van der Waals surface area contributed by atoms with E-state index < -0.39 is 0 Å². The van der Waals surface area contributed by atoms with Crippen LogP contribution in [-0.2, 0) is 6.54 Å². The smallest absolute Gasteiger partial charge is 0.306 e. The van der Waals surface area contributed by atoms with Gasteiger partial charge in [-0.25, -0.2) is 4.79 Å². The van der Waals surface area contributed by atoms with Crippen LogP contribution in [-0.4, -0.2) is 45.2 Å². The van der Waals surface area contributed by atoms with Gasteiger partial charge < -0.3 is 4.98 Å². The standard InChI is InChI=1S/C24H29BrN4O/c25-20-8-2-1-7-18(20)17-28-14-6-5-11-23(28)27-15-12-19(13-16-27)29-22-10-4-3-9-21(22)26-24(29)30/h1-4,7-10,19,23H,5-6,11-17H2,(H,26,30). The number of para-hydroxylation sites is 2. The lowest BCUT2D eigenvalue weighted by Gasteiger charge is -2.45. The Labute approximate surface area is 185 Å². The van der Waals surface area contributed by atoms with Crippen molar-refractivity contribution < 1.29 is 0 Å². The molecular weight excluding hydrogens is 440 g/mol. The SMILES string of the molecule is O=c1[nH]c2ccccc2n1C1CCN(C2CCCCN2Cc2ccccc2Br)CC1. The number of fused-ring (bicyclic) bond motifs is 1. The minimum absolute atomic E-state index is 0.0304. The summed E-state index contributed by atoms with van der Waals surface area (Å²) < 4.78 is 3.19. The average molecular weight is 469 g/mol. The number of nitrogens with zero attached hydrogens (tertiary/aromatic N) is 3. The van der Waals surface area contributed by atoms with Gasteiger partial charge in [-0.1, -0.05) is 46.3 Å². The molecule has 0 spiro atoms. The normalized spacial score (nSPS) is 22.0. The van der Waals surface area contributed by atoms with Crippen LogP contribution in [0.3, 0.4) is 0 Å². The Kier molecular flexibility index (Phi) is 5.81. The second kappa shape index (κ2) is 8.69. The first-order valence-corrected chi connectivity index (χ1v) is 11.9. The zero-order chi connectivity index (χ0) is 20.5. The van der Waals surface area contributed by atoms with Crippen molar-refractivity contribution in [1.82, 2.24) is 19.4 Å². The molecule has 2 aromatic carbocycles. The van der Waals surface area contributed by atoms with Crippen molar-refractivity contribution in [3.63, 3.8) is 0 Å². The van der Waals surface area contributed by atoms with E-state index in [1.54, 1.807) is 0 Å². The molecule has 0 aliphatic carbocycles. The molecule has 5 rings (SSSR count). The van der Waals surface area contributed by atoms with Gasteiger partial charge in [0.1, 0.15) is 0 Å². The Morgan fingerprint density at radius 1 is 0.933 bits per heavy atom. The molecule has 6 heteroatoms. The second-order valence-corrected chi connectivity index (χ2v) is 9.48. The van der Waals surface area contributed by atoms with Crippen molar-refractivity contribution in [3.05, 3.63) is 69.1 Å². The molecule has 30 heavy (non-hydrogen) atoms. The molecule has 1 aromatic heterocycles. The number of hydrogen-bond donors (Lipinski definition) is 1. The fourth-order valence-electron chi connectivity index (χ4n) is 5.30. The Hall–Kier alpha value is -1.89. The number of hydrogen-bond acceptors (Lipinski definition) is 3. The van der Waals surface area contributed by atoms with Crippen molar-refractivity contribution in [3.8, 4) is 0 Å². The topological polar surface area (TPSA) is 44.3 Å². The Bertz CT molecular complexity index is 1070. The van der Waals surface area contributed by atoms with E-state index in [9.17, 15) is 4.79 Å². The molecule has 0 amide bonds. The number of halogens is 1. The Morgan fingerprint density at radius 3 is 2.53 bits per heavy atom. The van der Waals surface area contributed by atoms with Crippen LogP contribution in [0.4, 0.5) is 0 Å². The van der Waals surface area contributed by atoms with Crippen LogP contribution in [0.1, 0.15) is 43.7 Å². The summed E-state index contributed by atoms with van der Waals surface area (Å²) in [5.74, 6) is 0. The number of rotatable bonds is 4. The van der Waals surface area contributed by atoms with Crippen LogP contribution < -0.4 is 5.69 Å². The lowest BCUT2D eigenvalue weighted by atomic mass is 10.00. The maximum Gasteiger partial charge on any atom is 0.326 e. The van der Waals surface area contributed by atoms with Gasteiger partial charge in [0.25, 0.3) is 0 Å². The van der Waals surface area contributed by atoms with Gasteiger partial charge in [-0.3, -0.25) is 14.4 Å². The van der Waals surface area contributed by atoms with E-state index >= 15 is 0 Å². The minimum atomic E-state index is 0.0304. The zero-order valence-corrected chi connectivity index (χ0v) is 18.9. The van der Waals surface area contributed by atoms with E-state index in [4.69, 9.17) is 0 Å². The number of nitrogens with one attached hydrogen (secondary N) is 1. The van der Waals surface area contributed by atoms with Crippen molar-refractivity contribution in [2.45, 2.75) is 50.9 Å². The van der Waals surface area contributed by atoms with Crippen molar-refractivity contribution >= 4 is 27.0 Å². The number of likely N-dealkylation sites (tertiary alicyclic amines) is 2. The number of aromatic amines is 1. The molecule has 1 N–H and O–H groups in total. The van der Waals surface area contributed by atoms with Gasteiger partial charge in [0.15, 0.2) is 0 Å². The van der Waals surface area contributed by atoms with Gasteiger partial charge in [0, 0.05) is 30.1 Å². The molecule has 2 aliphatic rings. The summed E-state index contributed by atoms with van der Waals surface area (Å²) >= 11 is 3.72. The zero-order valence-electron chi connectivity index (χ0n) is 17.3. The van der Waals surface area contributed by atoms with Gasteiger partial charge >= 0.3 is 5.69 Å². The molecule has 2 saturated heterocycles. The predicted octanol–water partition coefficient (Wildman–Crippen LogP) is 4.74. The summed E-state index contributed by atoms with van der Waals surface area (Å²) in [4.78, 5) is 20.9. The summed E-state index contributed by atoms with van der Waals surface area (Å²) in [7, 11) is 0. The third-order valence-corrected chi connectivity index (χ3v) is 7.59. The van der Waals surface area contributed by atoms with Gasteiger partial charge in [-0.15, -0.1) is 0 Å². The minimum Gasteiger partial charge on any atom is -0.306 e. The monoisotopic (exact) mass is 468 g/mol. The molecule has 2 fully saturated rings. The molecule has 0 saturated carbocycles. The summed E-state index contributed by atoms with van der Waals surface area (Å²) in [5, 5.41) is 0. The van der Waals surface area contributed by atoms with Crippen LogP contribution >= 0.6 is 15.9 Å². The number of H-pyrrole nitrogens is 1. The van der Waals surface area contributed by atoms with Gasteiger partial charge in [0.2, 0.25) is 0 Å². The number of aromatic nitrogens is 2. The first-order valence-electron chi connectivity index (χ1n) is 11.1. The molecular formula is C24H29BrN4O. The third kappa shape index (κ3) is 3.88. The van der Waals surface area contributed by atoms with Crippen molar-refractivity contribution in [1.29, 1.82) is 0 Å². The Balaban J connectivity index is 1.29. The van der Waals surface area contributed by atoms with Gasteiger partial charge in [0.05, 0.1) is 17.2 Å². The van der Waals surface area contributed by atoms with Crippen molar-refractivity contribution in [2.24, 2.45) is 0 Å². The average Bonchev–Trinajstić information content (AvgIpc) is 3.11. The second-order valence-electron chi connectivity index (χ2n) is 8.62. The first kappa shape index (κ1) is 20.0. The fraction of sp³-hybridized carbons (Fsp3) is 0.458. The molecule has 2 aliphatic heterocycles. The lowest BCUT2D eigenvalue weighted by molar-refractivity contribution is -0.00941. The van der Waals surface area contributed by atoms with E-state index in [0.29, 0.717) is 6.17 Å². The number of piperidine rings is 2. The largest absolute Gasteiger partial charge is 0.326 e. The molecule has 3 heterocycles. The van der Waals surface area contributed by atoms with Crippen LogP contribution in [0, 0.1) is 0 Å². The van der Waals surface area contributed by atoms with Crippen LogP contribution in [0.2, 0.25) is 0 Å². The summed E-state index contributed by atoms with van der Waals surface area (Å²) in [5.41, 5.74) is 3.37. The molecule has 0 bridgehead atoms. The predicted molar refractivity (Wildman–Crippen MR) is 125 cm³/mol. The van der Waals surface area contributed by atoms with Crippen molar-refractivity contribution in [2.75, 3.05) is 19.6 Å². The van der Waals surface area contributed by atoms with Crippen LogP contribution in [0.25, 0.3) is 11.0 Å². The Morgan fingerprint density at radius 2 is 1.70 bits per heavy atom. The number of imidazole rings is 1. The molecule has 3 aromatic rings. The highest BCUT2D eigenvalue weighted by Gasteiger charge is 2.32. The van der Waals surface area contributed by atoms with Gasteiger partial charge in [-0.05, 0) is 62.4 Å². The molecule has 1 atom stereocenters. The summed E-state index contributed by atoms with van der Waals surface area (Å²) in [6.07, 6.45) is 6.39. The van der Waals surface area contributed by atoms with Gasteiger partial charge in [-0.2, -0.15) is 0 Å². The van der Waals surface area contributed by atoms with E-state index in [-0.39, 0.29) is 11.7 Å². The quantitative estimate of drug-likeness (QED) is 0.601. The van der Waals surface area contributed by atoms with E-state index in [1.165, 1.54) is 29.3 Å². The molecule has 5 nitrogen and oxygen atoms in total. The molecule has 1 unspecified atom stereocenters. The first-order chi connectivity index (χ1) is 14.7. The maximum absolute atomic E-state index is 12.6. The number of benzene rings is 2. The summed E-state index contributed by atoms with van der Waals surface area (Å²) in [6, 6.07) is 16.9. The summed E-state index contributed by atoms with van der Waals surface area (Å²) in [6.45, 7) is 4.25. The van der Waals surface area contributed by atoms with E-state index in [1.807, 2.05) is 22.8 Å². The molecule has 0 radical (unpaired) electrons. The lowest BCUT2D eigenvalue weighted by Crippen LogP contribution is -2.53. The highest BCUT2D eigenvalue weighted by atomic mass is 79.9.